The Labute approximate surface area is 125 Å². The predicted octanol–water partition coefficient (Wildman–Crippen LogP) is 0.533. The summed E-state index contributed by atoms with van der Waals surface area (Å²) in [6.07, 6.45) is 0.797. The number of rotatable bonds is 8. The second kappa shape index (κ2) is 8.61. The van der Waals surface area contributed by atoms with Crippen LogP contribution < -0.4 is 10.6 Å². The minimum atomic E-state index is -1.10. The van der Waals surface area contributed by atoms with Gasteiger partial charge in [0.2, 0.25) is 11.8 Å². The Kier molecular flexibility index (Phi) is 7.94. The van der Waals surface area contributed by atoms with E-state index in [-0.39, 0.29) is 12.3 Å². The fourth-order valence-electron chi connectivity index (χ4n) is 1.46. The highest BCUT2D eigenvalue weighted by molar-refractivity contribution is 5.91. The van der Waals surface area contributed by atoms with E-state index in [1.54, 1.807) is 20.8 Å². The average molecular weight is 302 g/mol. The number of hydrogen-bond acceptors (Lipinski definition) is 4. The number of carboxylic acids is 1. The molecule has 0 aliphatic rings. The topological polar surface area (TPSA) is 105 Å². The number of carbonyl (C=O) groups is 3. The highest BCUT2D eigenvalue weighted by Crippen LogP contribution is 2.12. The van der Waals surface area contributed by atoms with Crippen molar-refractivity contribution in [3.8, 4) is 0 Å². The van der Waals surface area contributed by atoms with Crippen molar-refractivity contribution >= 4 is 17.8 Å². The van der Waals surface area contributed by atoms with Crippen LogP contribution in [-0.4, -0.2) is 48.7 Å². The molecular formula is C14H26N2O5. The first-order valence-electron chi connectivity index (χ1n) is 6.92. The van der Waals surface area contributed by atoms with Gasteiger partial charge in [0, 0.05) is 19.1 Å². The molecule has 2 unspecified atom stereocenters. The van der Waals surface area contributed by atoms with E-state index in [1.165, 1.54) is 14.0 Å². The van der Waals surface area contributed by atoms with Gasteiger partial charge >= 0.3 is 5.97 Å². The molecule has 7 heteroatoms. The Hall–Kier alpha value is -1.63. The molecule has 7 nitrogen and oxygen atoms in total. The number of hydrogen-bond donors (Lipinski definition) is 3. The SMILES string of the molecule is COCCCC(NC(=O)C(C)NC(=O)C(C)(C)C)C(=O)O. The summed E-state index contributed by atoms with van der Waals surface area (Å²) in [5, 5.41) is 14.1. The second-order valence-electron chi connectivity index (χ2n) is 5.98. The van der Waals surface area contributed by atoms with E-state index >= 15 is 0 Å². The number of nitrogens with one attached hydrogen (secondary N) is 2. The van der Waals surface area contributed by atoms with Crippen molar-refractivity contribution < 1.29 is 24.2 Å². The van der Waals surface area contributed by atoms with Gasteiger partial charge in [-0.25, -0.2) is 4.79 Å². The zero-order valence-electron chi connectivity index (χ0n) is 13.4. The molecule has 0 bridgehead atoms. The molecule has 0 aromatic carbocycles. The molecular weight excluding hydrogens is 276 g/mol. The molecule has 0 radical (unpaired) electrons. The first kappa shape index (κ1) is 19.4. The monoisotopic (exact) mass is 302 g/mol. The highest BCUT2D eigenvalue weighted by atomic mass is 16.5. The smallest absolute Gasteiger partial charge is 0.326 e. The van der Waals surface area contributed by atoms with Crippen LogP contribution in [0.3, 0.4) is 0 Å². The van der Waals surface area contributed by atoms with Gasteiger partial charge in [0.15, 0.2) is 0 Å². The normalized spacial score (nSPS) is 14.1. The van der Waals surface area contributed by atoms with Crippen molar-refractivity contribution in [3.63, 3.8) is 0 Å². The molecule has 0 spiro atoms. The van der Waals surface area contributed by atoms with Gasteiger partial charge in [0.05, 0.1) is 0 Å². The number of carbonyl (C=O) groups excluding carboxylic acids is 2. The third-order valence-electron chi connectivity index (χ3n) is 2.88. The van der Waals surface area contributed by atoms with Gasteiger partial charge in [-0.3, -0.25) is 9.59 Å². The molecule has 122 valence electrons. The van der Waals surface area contributed by atoms with Crippen molar-refractivity contribution in [2.24, 2.45) is 5.41 Å². The van der Waals surface area contributed by atoms with E-state index in [2.05, 4.69) is 10.6 Å². The minimum absolute atomic E-state index is 0.267. The molecule has 0 heterocycles. The molecule has 0 aliphatic heterocycles. The third kappa shape index (κ3) is 7.65. The van der Waals surface area contributed by atoms with Crippen LogP contribution in [0.2, 0.25) is 0 Å². The Morgan fingerprint density at radius 3 is 2.19 bits per heavy atom. The minimum Gasteiger partial charge on any atom is -0.480 e. The molecule has 0 aromatic rings. The highest BCUT2D eigenvalue weighted by Gasteiger charge is 2.27. The standard InChI is InChI=1S/C14H26N2O5/c1-9(15-13(20)14(2,3)4)11(17)16-10(12(18)19)7-6-8-21-5/h9-10H,6-8H2,1-5H3,(H,15,20)(H,16,17)(H,18,19). The number of ether oxygens (including phenoxy) is 1. The molecule has 0 rings (SSSR count). The van der Waals surface area contributed by atoms with E-state index in [1.807, 2.05) is 0 Å². The molecule has 2 atom stereocenters. The zero-order valence-corrected chi connectivity index (χ0v) is 13.4. The Balaban J connectivity index is 4.47. The largest absolute Gasteiger partial charge is 0.480 e. The fraction of sp³-hybridized carbons (Fsp3) is 0.786. The number of methoxy groups -OCH3 is 1. The van der Waals surface area contributed by atoms with Crippen LogP contribution in [0.5, 0.6) is 0 Å². The molecule has 3 N–H and O–H groups in total. The van der Waals surface area contributed by atoms with E-state index in [0.29, 0.717) is 13.0 Å². The molecule has 0 aromatic heterocycles. The Bertz CT molecular complexity index is 376. The number of carboxylic acid groups (broad SMARTS) is 1. The second-order valence-corrected chi connectivity index (χ2v) is 5.98. The van der Waals surface area contributed by atoms with Crippen LogP contribution in [0.1, 0.15) is 40.5 Å². The van der Waals surface area contributed by atoms with Crippen molar-refractivity contribution in [2.45, 2.75) is 52.6 Å². The average Bonchev–Trinajstić information content (AvgIpc) is 2.35. The summed E-state index contributed by atoms with van der Waals surface area (Å²) in [6.45, 7) is 7.15. The predicted molar refractivity (Wildman–Crippen MR) is 77.7 cm³/mol. The van der Waals surface area contributed by atoms with Gasteiger partial charge in [-0.2, -0.15) is 0 Å². The van der Waals surface area contributed by atoms with Gasteiger partial charge in [0.25, 0.3) is 0 Å². The quantitative estimate of drug-likeness (QED) is 0.567. The van der Waals surface area contributed by atoms with Gasteiger partial charge in [0.1, 0.15) is 12.1 Å². The van der Waals surface area contributed by atoms with E-state index in [4.69, 9.17) is 9.84 Å². The Morgan fingerprint density at radius 2 is 1.76 bits per heavy atom. The van der Waals surface area contributed by atoms with Gasteiger partial charge in [-0.1, -0.05) is 20.8 Å². The molecule has 0 aliphatic carbocycles. The van der Waals surface area contributed by atoms with Crippen molar-refractivity contribution in [1.82, 2.24) is 10.6 Å². The van der Waals surface area contributed by atoms with Crippen LogP contribution in [0, 0.1) is 5.41 Å². The van der Waals surface area contributed by atoms with Crippen LogP contribution >= 0.6 is 0 Å². The summed E-state index contributed by atoms with van der Waals surface area (Å²) in [5.74, 6) is -1.89. The lowest BCUT2D eigenvalue weighted by Gasteiger charge is -2.23. The maximum atomic E-state index is 11.9. The van der Waals surface area contributed by atoms with Crippen molar-refractivity contribution in [2.75, 3.05) is 13.7 Å². The maximum Gasteiger partial charge on any atom is 0.326 e. The zero-order chi connectivity index (χ0) is 16.6. The summed E-state index contributed by atoms with van der Waals surface area (Å²) in [7, 11) is 1.53. The lowest BCUT2D eigenvalue weighted by molar-refractivity contribution is -0.142. The van der Waals surface area contributed by atoms with E-state index < -0.39 is 29.4 Å². The summed E-state index contributed by atoms with van der Waals surface area (Å²) in [5.41, 5.74) is -0.612. The first-order chi connectivity index (χ1) is 9.59. The summed E-state index contributed by atoms with van der Waals surface area (Å²) >= 11 is 0. The van der Waals surface area contributed by atoms with Crippen LogP contribution in [0.4, 0.5) is 0 Å². The summed E-state index contributed by atoms with van der Waals surface area (Å²) in [4.78, 5) is 34.8. The van der Waals surface area contributed by atoms with E-state index in [9.17, 15) is 14.4 Å². The fourth-order valence-corrected chi connectivity index (χ4v) is 1.46. The molecule has 2 amide bonds. The first-order valence-corrected chi connectivity index (χ1v) is 6.92. The Morgan fingerprint density at radius 1 is 1.19 bits per heavy atom. The van der Waals surface area contributed by atoms with Gasteiger partial charge in [-0.05, 0) is 19.8 Å². The maximum absolute atomic E-state index is 11.9. The lowest BCUT2D eigenvalue weighted by Crippen LogP contribution is -2.52. The lowest BCUT2D eigenvalue weighted by atomic mass is 9.95. The molecule has 21 heavy (non-hydrogen) atoms. The van der Waals surface area contributed by atoms with Crippen molar-refractivity contribution in [1.29, 1.82) is 0 Å². The van der Waals surface area contributed by atoms with Crippen LogP contribution in [0.25, 0.3) is 0 Å². The van der Waals surface area contributed by atoms with Gasteiger partial charge < -0.3 is 20.5 Å². The van der Waals surface area contributed by atoms with Crippen molar-refractivity contribution in [3.05, 3.63) is 0 Å². The van der Waals surface area contributed by atoms with E-state index in [0.717, 1.165) is 0 Å². The molecule has 0 saturated carbocycles. The van der Waals surface area contributed by atoms with Crippen LogP contribution in [-0.2, 0) is 19.1 Å². The number of amides is 2. The third-order valence-corrected chi connectivity index (χ3v) is 2.88. The molecule has 0 saturated heterocycles. The number of aliphatic carboxylic acids is 1. The molecule has 0 fully saturated rings. The summed E-state index contributed by atoms with van der Waals surface area (Å²) in [6, 6.07) is -1.78. The van der Waals surface area contributed by atoms with Gasteiger partial charge in [-0.15, -0.1) is 0 Å². The van der Waals surface area contributed by atoms with Crippen LogP contribution in [0.15, 0.2) is 0 Å². The summed E-state index contributed by atoms with van der Waals surface area (Å²) < 4.78 is 4.85.